The van der Waals surface area contributed by atoms with E-state index >= 15 is 0 Å². The van der Waals surface area contributed by atoms with Gasteiger partial charge in [0.05, 0.1) is 17.3 Å². The van der Waals surface area contributed by atoms with Gasteiger partial charge in [0.1, 0.15) is 6.10 Å². The largest absolute Gasteiger partial charge is 0.493 e. The van der Waals surface area contributed by atoms with Crippen LogP contribution in [0.3, 0.4) is 0 Å². The number of aromatic hydroxyl groups is 1. The van der Waals surface area contributed by atoms with Gasteiger partial charge in [-0.05, 0) is 91.6 Å². The number of hydrogen-bond donors (Lipinski definition) is 3. The lowest BCUT2D eigenvalue weighted by Gasteiger charge is -2.57. The molecule has 7 rings (SSSR count). The Kier molecular flexibility index (Phi) is 4.81. The average molecular weight is 501 g/mol. The van der Waals surface area contributed by atoms with Crippen LogP contribution in [0, 0.1) is 17.3 Å². The van der Waals surface area contributed by atoms with Gasteiger partial charge in [-0.15, -0.1) is 0 Å². The van der Waals surface area contributed by atoms with E-state index in [4.69, 9.17) is 4.74 Å². The molecule has 2 bridgehead atoms. The molecule has 2 aliphatic heterocycles. The lowest BCUT2D eigenvalue weighted by atomic mass is 9.54. The van der Waals surface area contributed by atoms with E-state index in [2.05, 4.69) is 49.2 Å². The third-order valence-electron chi connectivity index (χ3n) is 10.7. The molecular weight excluding hydrogens is 464 g/mol. The molecule has 1 saturated heterocycles. The van der Waals surface area contributed by atoms with Crippen LogP contribution in [0.15, 0.2) is 59.8 Å². The standard InChI is InChI=1S/C31H36N2O4/c1-17-13-20-15-23-26(34)27(35)24(33(3)4)16-30(23)10-11-31(20,37-30)25-8-7-22(29(17,25)2)19-5-6-21-18(14-19)9-12-32-28(21)36/h5-7,9,12-15,17,24-27,34-35H,8,10-11,16H2,1-4H3,(H,32,36)/t17?,24-,25?,26+,27+,29+,30+,31+/m0/s1. The van der Waals surface area contributed by atoms with E-state index in [0.29, 0.717) is 6.42 Å². The minimum Gasteiger partial charge on any atom is -0.493 e. The third-order valence-corrected chi connectivity index (χ3v) is 10.7. The summed E-state index contributed by atoms with van der Waals surface area (Å²) in [6, 6.07) is 8.07. The molecule has 194 valence electrons. The molecule has 1 saturated carbocycles. The maximum atomic E-state index is 11.2. The van der Waals surface area contributed by atoms with E-state index in [9.17, 15) is 15.3 Å². The lowest BCUT2D eigenvalue weighted by Crippen LogP contribution is -2.62. The number of aliphatic hydroxyl groups is 2. The van der Waals surface area contributed by atoms with E-state index in [1.165, 1.54) is 16.7 Å². The van der Waals surface area contributed by atoms with E-state index in [1.54, 1.807) is 6.20 Å². The summed E-state index contributed by atoms with van der Waals surface area (Å²) in [7, 11) is 3.94. The molecule has 3 N–H and O–H groups in total. The summed E-state index contributed by atoms with van der Waals surface area (Å²) < 4.78 is 7.27. The number of rotatable bonds is 2. The van der Waals surface area contributed by atoms with Crippen LogP contribution in [0.25, 0.3) is 16.3 Å². The molecule has 1 aromatic carbocycles. The quantitative estimate of drug-likeness (QED) is 0.573. The highest BCUT2D eigenvalue weighted by Crippen LogP contribution is 2.69. The summed E-state index contributed by atoms with van der Waals surface area (Å²) in [6.45, 7) is 4.69. The molecular formula is C31H36N2O4. The molecule has 8 atom stereocenters. The number of aliphatic hydroxyl groups excluding tert-OH is 2. The first-order valence-corrected chi connectivity index (χ1v) is 13.6. The summed E-state index contributed by atoms with van der Waals surface area (Å²) in [5.41, 5.74) is 3.55. The zero-order valence-electron chi connectivity index (χ0n) is 22.0. The molecule has 6 nitrogen and oxygen atoms in total. The van der Waals surface area contributed by atoms with Crippen molar-refractivity contribution in [1.29, 1.82) is 0 Å². The molecule has 0 amide bonds. The van der Waals surface area contributed by atoms with Gasteiger partial charge in [0.25, 0.3) is 0 Å². The number of pyridine rings is 1. The Balaban J connectivity index is 1.33. The summed E-state index contributed by atoms with van der Waals surface area (Å²) in [5, 5.41) is 34.1. The minimum absolute atomic E-state index is 0.0660. The van der Waals surface area contributed by atoms with Gasteiger partial charge in [-0.1, -0.05) is 38.1 Å². The Bertz CT molecular complexity index is 1410. The molecule has 0 radical (unpaired) electrons. The lowest BCUT2D eigenvalue weighted by molar-refractivity contribution is -0.165. The van der Waals surface area contributed by atoms with Crippen LogP contribution in [-0.2, 0) is 4.74 Å². The molecule has 5 aliphatic rings. The second kappa shape index (κ2) is 7.54. The topological polar surface area (TPSA) is 86.1 Å². The van der Waals surface area contributed by atoms with Crippen molar-refractivity contribution in [2.75, 3.05) is 14.1 Å². The van der Waals surface area contributed by atoms with Crippen molar-refractivity contribution in [1.82, 2.24) is 9.88 Å². The van der Waals surface area contributed by atoms with Gasteiger partial charge in [0.15, 0.2) is 0 Å². The van der Waals surface area contributed by atoms with Gasteiger partial charge in [-0.25, -0.2) is 4.98 Å². The van der Waals surface area contributed by atoms with Crippen molar-refractivity contribution >= 4 is 16.3 Å². The van der Waals surface area contributed by atoms with E-state index in [1.807, 2.05) is 31.1 Å². The fourth-order valence-electron chi connectivity index (χ4n) is 8.59. The number of ether oxygens (including phenoxy) is 1. The Morgan fingerprint density at radius 1 is 1.14 bits per heavy atom. The summed E-state index contributed by atoms with van der Waals surface area (Å²) in [5.74, 6) is 0.615. The molecule has 2 spiro atoms. The monoisotopic (exact) mass is 500 g/mol. The fraction of sp³-hybridized carbons (Fsp3) is 0.516. The van der Waals surface area contributed by atoms with Crippen molar-refractivity contribution in [2.45, 2.75) is 69.0 Å². The highest BCUT2D eigenvalue weighted by atomic mass is 16.5. The highest BCUT2D eigenvalue weighted by molar-refractivity contribution is 5.90. The predicted molar refractivity (Wildman–Crippen MR) is 143 cm³/mol. The summed E-state index contributed by atoms with van der Waals surface area (Å²) in [6.07, 6.45) is 10.3. The second-order valence-corrected chi connectivity index (χ2v) is 12.4. The van der Waals surface area contributed by atoms with Crippen LogP contribution in [0.1, 0.15) is 45.1 Å². The number of nitrogens with zero attached hydrogens (tertiary/aromatic N) is 2. The Hall–Kier alpha value is -2.51. The zero-order valence-corrected chi connectivity index (χ0v) is 22.0. The van der Waals surface area contributed by atoms with Gasteiger partial charge < -0.3 is 25.0 Å². The third kappa shape index (κ3) is 2.87. The molecule has 1 aromatic heterocycles. The fourth-order valence-corrected chi connectivity index (χ4v) is 8.59. The van der Waals surface area contributed by atoms with Crippen molar-refractivity contribution in [3.63, 3.8) is 0 Å². The number of likely N-dealkylation sites (N-methyl/N-ethyl adjacent to an activating group) is 1. The normalized spacial score (nSPS) is 42.1. The average Bonchev–Trinajstić information content (AvgIpc) is 3.39. The Labute approximate surface area is 218 Å². The smallest absolute Gasteiger partial charge is 0.218 e. The molecule has 2 fully saturated rings. The molecule has 6 heteroatoms. The van der Waals surface area contributed by atoms with Crippen LogP contribution in [-0.4, -0.2) is 68.8 Å². The molecule has 3 aliphatic carbocycles. The van der Waals surface area contributed by atoms with Crippen LogP contribution in [0.5, 0.6) is 5.88 Å². The van der Waals surface area contributed by atoms with Crippen LogP contribution in [0.4, 0.5) is 0 Å². The van der Waals surface area contributed by atoms with Gasteiger partial charge >= 0.3 is 0 Å². The summed E-state index contributed by atoms with van der Waals surface area (Å²) in [4.78, 5) is 6.05. The zero-order chi connectivity index (χ0) is 25.9. The van der Waals surface area contributed by atoms with Crippen molar-refractivity contribution in [3.05, 3.63) is 65.4 Å². The number of benzene rings is 1. The Morgan fingerprint density at radius 2 is 1.95 bits per heavy atom. The molecule has 3 heterocycles. The van der Waals surface area contributed by atoms with Crippen molar-refractivity contribution < 1.29 is 20.1 Å². The molecule has 37 heavy (non-hydrogen) atoms. The van der Waals surface area contributed by atoms with Crippen LogP contribution < -0.4 is 0 Å². The second-order valence-electron chi connectivity index (χ2n) is 12.4. The molecule has 2 unspecified atom stereocenters. The first-order chi connectivity index (χ1) is 17.6. The van der Waals surface area contributed by atoms with Crippen LogP contribution in [0.2, 0.25) is 0 Å². The number of aromatic nitrogens is 1. The van der Waals surface area contributed by atoms with E-state index in [-0.39, 0.29) is 34.8 Å². The van der Waals surface area contributed by atoms with E-state index in [0.717, 1.165) is 35.6 Å². The maximum absolute atomic E-state index is 11.2. The predicted octanol–water partition coefficient (Wildman–Crippen LogP) is 4.21. The minimum atomic E-state index is -0.914. The van der Waals surface area contributed by atoms with Gasteiger partial charge in [-0.3, -0.25) is 0 Å². The first-order valence-electron chi connectivity index (χ1n) is 13.6. The SMILES string of the molecule is CC1C=C2C=C3[C@@H](O)[C@H](O)[C@@H](N(C)C)C[C@]34CC[C@]2(O4)C2CC=C(c3ccc4c(O)nccc4c3)[C@@]12C. The Morgan fingerprint density at radius 3 is 2.73 bits per heavy atom. The van der Waals surface area contributed by atoms with Gasteiger partial charge in [-0.2, -0.15) is 0 Å². The number of hydrogen-bond acceptors (Lipinski definition) is 6. The maximum Gasteiger partial charge on any atom is 0.218 e. The summed E-state index contributed by atoms with van der Waals surface area (Å²) >= 11 is 0. The molecule has 2 aromatic rings. The number of allylic oxidation sites excluding steroid dienone is 3. The van der Waals surface area contributed by atoms with Crippen molar-refractivity contribution in [3.8, 4) is 5.88 Å². The van der Waals surface area contributed by atoms with Crippen LogP contribution >= 0.6 is 0 Å². The highest BCUT2D eigenvalue weighted by Gasteiger charge is 2.68. The van der Waals surface area contributed by atoms with Gasteiger partial charge in [0.2, 0.25) is 5.88 Å². The first kappa shape index (κ1) is 23.6. The number of fused-ring (bicyclic) bond motifs is 2. The van der Waals surface area contributed by atoms with Gasteiger partial charge in [0, 0.05) is 29.0 Å². The van der Waals surface area contributed by atoms with Crippen molar-refractivity contribution in [2.24, 2.45) is 17.3 Å². The van der Waals surface area contributed by atoms with E-state index < -0.39 is 17.8 Å².